The van der Waals surface area contributed by atoms with E-state index in [1.54, 1.807) is 0 Å². The van der Waals surface area contributed by atoms with Crippen molar-refractivity contribution in [1.82, 2.24) is 4.57 Å². The fraction of sp³-hybridized carbons (Fsp3) is 0.471. The van der Waals surface area contributed by atoms with Gasteiger partial charge in [-0.15, -0.1) is 11.6 Å². The van der Waals surface area contributed by atoms with E-state index in [4.69, 9.17) is 48.7 Å². The molecule has 0 atom stereocenters. The maximum Gasteiger partial charge on any atom is 0.425 e. The van der Waals surface area contributed by atoms with E-state index in [9.17, 15) is 9.18 Å². The van der Waals surface area contributed by atoms with E-state index in [1.807, 2.05) is 20.8 Å². The minimum absolute atomic E-state index is 0.000109. The Labute approximate surface area is 165 Å². The van der Waals surface area contributed by atoms with Gasteiger partial charge < -0.3 is 13.9 Å². The number of hydrogen-bond acceptors (Lipinski definition) is 4. The highest BCUT2D eigenvalue weighted by atomic mass is 35.5. The first-order valence-electron chi connectivity index (χ1n) is 7.84. The molecule has 0 aliphatic rings. The third kappa shape index (κ3) is 4.74. The quantitative estimate of drug-likeness (QED) is 0.471. The normalized spacial score (nSPS) is 11.8. The predicted molar refractivity (Wildman–Crippen MR) is 100 cm³/mol. The lowest BCUT2D eigenvalue weighted by Gasteiger charge is -2.15. The second kappa shape index (κ2) is 8.65. The number of alkyl halides is 1. The van der Waals surface area contributed by atoms with E-state index in [2.05, 4.69) is 0 Å². The van der Waals surface area contributed by atoms with E-state index in [1.165, 1.54) is 6.07 Å². The Kier molecular flexibility index (Phi) is 7.02. The van der Waals surface area contributed by atoms with Crippen molar-refractivity contribution < 1.29 is 18.3 Å². The lowest BCUT2D eigenvalue weighted by molar-refractivity contribution is 0.111. The van der Waals surface area contributed by atoms with Crippen LogP contribution in [0.15, 0.2) is 21.3 Å². The van der Waals surface area contributed by atoms with Gasteiger partial charge in [0.1, 0.15) is 18.2 Å². The zero-order valence-corrected chi connectivity index (χ0v) is 16.8. The van der Waals surface area contributed by atoms with Gasteiger partial charge >= 0.3 is 5.76 Å². The van der Waals surface area contributed by atoms with Crippen molar-refractivity contribution in [2.45, 2.75) is 26.2 Å². The Bertz CT molecular complexity index is 827. The van der Waals surface area contributed by atoms with Crippen LogP contribution in [-0.4, -0.2) is 30.3 Å². The summed E-state index contributed by atoms with van der Waals surface area (Å²) in [7, 11) is 0. The second-order valence-corrected chi connectivity index (χ2v) is 7.60. The molecule has 2 aromatic rings. The highest BCUT2D eigenvalue weighted by Gasteiger charge is 2.28. The molecule has 0 saturated heterocycles. The number of benzene rings is 1. The Morgan fingerprint density at radius 1 is 1.19 bits per heavy atom. The van der Waals surface area contributed by atoms with Gasteiger partial charge in [0.15, 0.2) is 10.9 Å². The first kappa shape index (κ1) is 21.1. The molecule has 0 unspecified atom stereocenters. The van der Waals surface area contributed by atoms with Crippen LogP contribution in [0.5, 0.6) is 5.75 Å². The maximum atomic E-state index is 14.4. The van der Waals surface area contributed by atoms with E-state index in [-0.39, 0.29) is 40.6 Å². The van der Waals surface area contributed by atoms with Gasteiger partial charge in [-0.2, -0.15) is 0 Å². The fourth-order valence-corrected chi connectivity index (χ4v) is 2.99. The molecule has 144 valence electrons. The Morgan fingerprint density at radius 3 is 2.46 bits per heavy atom. The van der Waals surface area contributed by atoms with Gasteiger partial charge in [-0.25, -0.2) is 13.8 Å². The summed E-state index contributed by atoms with van der Waals surface area (Å²) in [5.74, 6) is -0.697. The molecular formula is C17H19Cl3FNO4. The van der Waals surface area contributed by atoms with E-state index < -0.39 is 17.0 Å². The lowest BCUT2D eigenvalue weighted by Crippen LogP contribution is -2.14. The summed E-state index contributed by atoms with van der Waals surface area (Å²) in [5.41, 5.74) is -0.635. The van der Waals surface area contributed by atoms with Gasteiger partial charge in [-0.3, -0.25) is 0 Å². The largest absolute Gasteiger partial charge is 0.490 e. The van der Waals surface area contributed by atoms with Gasteiger partial charge in [-0.1, -0.05) is 44.0 Å². The summed E-state index contributed by atoms with van der Waals surface area (Å²) in [6.07, 6.45) is 0. The summed E-state index contributed by atoms with van der Waals surface area (Å²) in [4.78, 5) is 12.2. The highest BCUT2D eigenvalue weighted by molar-refractivity contribution is 6.32. The van der Waals surface area contributed by atoms with Crippen LogP contribution in [0.3, 0.4) is 0 Å². The predicted octanol–water partition coefficient (Wildman–Crippen LogP) is 4.81. The molecule has 26 heavy (non-hydrogen) atoms. The van der Waals surface area contributed by atoms with Crippen LogP contribution in [0.25, 0.3) is 5.69 Å². The number of rotatable bonds is 7. The summed E-state index contributed by atoms with van der Waals surface area (Å²) in [6, 6.07) is 2.35. The second-order valence-electron chi connectivity index (χ2n) is 6.46. The summed E-state index contributed by atoms with van der Waals surface area (Å²) < 4.78 is 31.3. The average molecular weight is 427 g/mol. The van der Waals surface area contributed by atoms with Crippen molar-refractivity contribution in [3.63, 3.8) is 0 Å². The fourth-order valence-electron chi connectivity index (χ4n) is 2.19. The molecule has 1 heterocycles. The molecule has 1 aromatic carbocycles. The Balaban J connectivity index is 2.37. The lowest BCUT2D eigenvalue weighted by atomic mass is 9.94. The van der Waals surface area contributed by atoms with Crippen LogP contribution in [-0.2, 0) is 10.2 Å². The van der Waals surface area contributed by atoms with Crippen LogP contribution in [0.2, 0.25) is 10.2 Å². The zero-order valence-electron chi connectivity index (χ0n) is 14.6. The van der Waals surface area contributed by atoms with Crippen molar-refractivity contribution in [3.8, 4) is 11.4 Å². The monoisotopic (exact) mass is 425 g/mol. The molecular weight excluding hydrogens is 408 g/mol. The molecule has 0 bridgehead atoms. The van der Waals surface area contributed by atoms with Gasteiger partial charge in [0, 0.05) is 17.4 Å². The van der Waals surface area contributed by atoms with Crippen LogP contribution < -0.4 is 10.5 Å². The summed E-state index contributed by atoms with van der Waals surface area (Å²) in [6.45, 7) is 6.35. The molecule has 0 spiro atoms. The summed E-state index contributed by atoms with van der Waals surface area (Å²) in [5, 5.41) is 0.0624. The third-order valence-corrected chi connectivity index (χ3v) is 4.18. The molecule has 0 aliphatic carbocycles. The molecule has 0 radical (unpaired) electrons. The van der Waals surface area contributed by atoms with E-state index in [0.29, 0.717) is 12.5 Å². The van der Waals surface area contributed by atoms with Crippen LogP contribution in [0, 0.1) is 5.82 Å². The standard InChI is InChI=1S/C17H19Cl3FNO4/c1-17(2,3)14-15(20)22(16(23)26-14)12-9-13(10(19)8-11(12)21)25-7-6-24-5-4-18/h8-9H,4-7H2,1-3H3. The first-order valence-corrected chi connectivity index (χ1v) is 9.13. The van der Waals surface area contributed by atoms with Gasteiger partial charge in [0.05, 0.1) is 23.9 Å². The van der Waals surface area contributed by atoms with Crippen molar-refractivity contribution in [3.05, 3.63) is 44.4 Å². The van der Waals surface area contributed by atoms with E-state index in [0.717, 1.165) is 10.6 Å². The van der Waals surface area contributed by atoms with Crippen LogP contribution in [0.1, 0.15) is 26.5 Å². The number of nitrogens with zero attached hydrogens (tertiary/aromatic N) is 1. The van der Waals surface area contributed by atoms with Gasteiger partial charge in [-0.05, 0) is 6.07 Å². The van der Waals surface area contributed by atoms with E-state index >= 15 is 0 Å². The highest BCUT2D eigenvalue weighted by Crippen LogP contribution is 2.34. The molecule has 0 N–H and O–H groups in total. The minimum Gasteiger partial charge on any atom is -0.490 e. The molecule has 1 aromatic heterocycles. The van der Waals surface area contributed by atoms with Crippen molar-refractivity contribution in [2.75, 3.05) is 25.7 Å². The maximum absolute atomic E-state index is 14.4. The molecule has 0 saturated carbocycles. The molecule has 0 amide bonds. The van der Waals surface area contributed by atoms with Crippen molar-refractivity contribution >= 4 is 34.8 Å². The van der Waals surface area contributed by atoms with Crippen LogP contribution >= 0.6 is 34.8 Å². The minimum atomic E-state index is -0.794. The van der Waals surface area contributed by atoms with Crippen molar-refractivity contribution in [1.29, 1.82) is 0 Å². The molecule has 0 fully saturated rings. The zero-order chi connectivity index (χ0) is 19.5. The van der Waals surface area contributed by atoms with Crippen molar-refractivity contribution in [2.24, 2.45) is 0 Å². The number of halogens is 4. The van der Waals surface area contributed by atoms with Gasteiger partial charge in [0.25, 0.3) is 0 Å². The Hall–Kier alpha value is -1.21. The first-order chi connectivity index (χ1) is 12.2. The average Bonchev–Trinajstić information content (AvgIpc) is 2.84. The molecule has 9 heteroatoms. The van der Waals surface area contributed by atoms with Gasteiger partial charge in [0.2, 0.25) is 0 Å². The Morgan fingerprint density at radius 2 is 1.88 bits per heavy atom. The molecule has 2 rings (SSSR count). The molecule has 5 nitrogen and oxygen atoms in total. The smallest absolute Gasteiger partial charge is 0.425 e. The number of oxazole rings is 1. The SMILES string of the molecule is CC(C)(C)c1oc(=O)n(-c2cc(OCCOCCCl)c(Cl)cc2F)c1Cl. The third-order valence-electron chi connectivity index (χ3n) is 3.39. The number of aromatic nitrogens is 1. The number of ether oxygens (including phenoxy) is 2. The number of hydrogen-bond donors (Lipinski definition) is 0. The summed E-state index contributed by atoms with van der Waals surface area (Å²) >= 11 is 17.8. The molecule has 0 aliphatic heterocycles. The van der Waals surface area contributed by atoms with Crippen LogP contribution in [0.4, 0.5) is 4.39 Å². The topological polar surface area (TPSA) is 53.6 Å².